The average Bonchev–Trinajstić information content (AvgIpc) is 3.13. The van der Waals surface area contributed by atoms with Crippen molar-refractivity contribution in [1.82, 2.24) is 0 Å². The van der Waals surface area contributed by atoms with E-state index >= 15 is 0 Å². The lowest BCUT2D eigenvalue weighted by Gasteiger charge is -2.20. The van der Waals surface area contributed by atoms with Gasteiger partial charge >= 0.3 is 0 Å². The number of nitrogen functional groups attached to an aromatic ring is 3. The summed E-state index contributed by atoms with van der Waals surface area (Å²) in [6.45, 7) is 0. The van der Waals surface area contributed by atoms with Gasteiger partial charge < -0.3 is 45.6 Å². The van der Waals surface area contributed by atoms with E-state index in [4.69, 9.17) is 45.6 Å². The molecule has 0 bridgehead atoms. The Balaban J connectivity index is 1.28. The lowest BCUT2D eigenvalue weighted by Crippen LogP contribution is -2.04. The Hall–Kier alpha value is -6.48. The first kappa shape index (κ1) is 32.5. The van der Waals surface area contributed by atoms with E-state index in [9.17, 15) is 0 Å². The molecular formula is C40H37N3O6. The van der Waals surface area contributed by atoms with Crippen molar-refractivity contribution in [2.45, 2.75) is 5.92 Å². The normalized spacial score (nSPS) is 10.8. The van der Waals surface area contributed by atoms with E-state index in [0.717, 1.165) is 16.7 Å². The summed E-state index contributed by atoms with van der Waals surface area (Å²) in [6, 6.07) is 40.0. The van der Waals surface area contributed by atoms with Gasteiger partial charge in [-0.2, -0.15) is 0 Å². The topological polar surface area (TPSA) is 133 Å². The zero-order chi connectivity index (χ0) is 34.3. The Bertz CT molecular complexity index is 1800. The lowest BCUT2D eigenvalue weighted by molar-refractivity contribution is 0.411. The summed E-state index contributed by atoms with van der Waals surface area (Å²) in [5.41, 5.74) is 22.7. The Labute approximate surface area is 285 Å². The van der Waals surface area contributed by atoms with Gasteiger partial charge in [-0.3, -0.25) is 0 Å². The second kappa shape index (κ2) is 14.5. The van der Waals surface area contributed by atoms with Crippen molar-refractivity contribution in [3.05, 3.63) is 144 Å². The zero-order valence-corrected chi connectivity index (χ0v) is 27.4. The number of anilines is 3. The smallest absolute Gasteiger partial charge is 0.145 e. The summed E-state index contributed by atoms with van der Waals surface area (Å²) in [7, 11) is 4.73. The van der Waals surface area contributed by atoms with Gasteiger partial charge in [-0.15, -0.1) is 0 Å². The number of nitrogens with two attached hydrogens (primary N) is 3. The molecule has 6 rings (SSSR count). The molecule has 0 aromatic heterocycles. The molecule has 0 fully saturated rings. The summed E-state index contributed by atoms with van der Waals surface area (Å²) in [4.78, 5) is 0. The lowest BCUT2D eigenvalue weighted by atomic mass is 9.85. The zero-order valence-electron chi connectivity index (χ0n) is 27.4. The molecule has 6 aromatic rings. The van der Waals surface area contributed by atoms with E-state index in [0.29, 0.717) is 68.8 Å². The molecular weight excluding hydrogens is 618 g/mol. The van der Waals surface area contributed by atoms with Crippen molar-refractivity contribution < 1.29 is 28.4 Å². The van der Waals surface area contributed by atoms with Gasteiger partial charge in [-0.05, 0) is 89.5 Å². The average molecular weight is 656 g/mol. The van der Waals surface area contributed by atoms with Crippen molar-refractivity contribution >= 4 is 17.1 Å². The van der Waals surface area contributed by atoms with Crippen LogP contribution in [0.3, 0.4) is 0 Å². The summed E-state index contributed by atoms with van der Waals surface area (Å²) < 4.78 is 34.4. The maximum Gasteiger partial charge on any atom is 0.145 e. The molecule has 0 saturated carbocycles. The van der Waals surface area contributed by atoms with Gasteiger partial charge in [-0.1, -0.05) is 36.4 Å². The minimum Gasteiger partial charge on any atom is -0.494 e. The molecule has 0 spiro atoms. The van der Waals surface area contributed by atoms with Crippen LogP contribution in [0.2, 0.25) is 0 Å². The summed E-state index contributed by atoms with van der Waals surface area (Å²) in [6.07, 6.45) is 0. The number of methoxy groups -OCH3 is 3. The third kappa shape index (κ3) is 7.58. The van der Waals surface area contributed by atoms with Gasteiger partial charge in [-0.25, -0.2) is 0 Å². The standard InChI is InChI=1S/C40H37N3O6/c1-44-37-22-31(16-19-34(37)41)47-28-10-4-25(5-11-28)40(26-6-12-29(13-7-26)48-32-17-20-35(42)38(23-32)45-2)27-8-14-30(15-9-27)49-33-18-21-36(43)39(24-33)46-3/h4-24,40H,41-43H2,1-3H3. The highest BCUT2D eigenvalue weighted by atomic mass is 16.5. The number of benzene rings is 6. The fraction of sp³-hybridized carbons (Fsp3) is 0.100. The Kier molecular flexibility index (Phi) is 9.62. The van der Waals surface area contributed by atoms with Crippen molar-refractivity contribution in [2.75, 3.05) is 38.5 Å². The maximum absolute atomic E-state index is 6.11. The van der Waals surface area contributed by atoms with Crippen LogP contribution in [0.25, 0.3) is 0 Å². The first-order valence-electron chi connectivity index (χ1n) is 15.5. The molecule has 6 aromatic carbocycles. The molecule has 49 heavy (non-hydrogen) atoms. The molecule has 0 heterocycles. The van der Waals surface area contributed by atoms with Crippen molar-refractivity contribution in [3.63, 3.8) is 0 Å². The van der Waals surface area contributed by atoms with E-state index in [-0.39, 0.29) is 5.92 Å². The van der Waals surface area contributed by atoms with Crippen LogP contribution < -0.4 is 45.6 Å². The Morgan fingerprint density at radius 2 is 0.592 bits per heavy atom. The Morgan fingerprint density at radius 3 is 0.837 bits per heavy atom. The SMILES string of the molecule is COc1cc(Oc2ccc(C(c3ccc(Oc4ccc(N)c(OC)c4)cc3)c3ccc(Oc4ccc(N)c(OC)c4)cc3)cc2)ccc1N. The van der Waals surface area contributed by atoms with Crippen molar-refractivity contribution in [2.24, 2.45) is 0 Å². The van der Waals surface area contributed by atoms with Gasteiger partial charge in [0.15, 0.2) is 0 Å². The second-order valence-electron chi connectivity index (χ2n) is 11.2. The molecule has 0 aliphatic heterocycles. The second-order valence-corrected chi connectivity index (χ2v) is 11.2. The third-order valence-corrected chi connectivity index (χ3v) is 7.96. The molecule has 0 unspecified atom stereocenters. The number of ether oxygens (including phenoxy) is 6. The Morgan fingerprint density at radius 1 is 0.347 bits per heavy atom. The van der Waals surface area contributed by atoms with Gasteiger partial charge in [0.2, 0.25) is 0 Å². The molecule has 0 aliphatic rings. The van der Waals surface area contributed by atoms with E-state index in [1.165, 1.54) is 0 Å². The van der Waals surface area contributed by atoms with E-state index < -0.39 is 0 Å². The summed E-state index contributed by atoms with van der Waals surface area (Å²) in [5.74, 6) is 5.47. The largest absolute Gasteiger partial charge is 0.494 e. The number of hydrogen-bond donors (Lipinski definition) is 3. The minimum atomic E-state index is -0.109. The van der Waals surface area contributed by atoms with Crippen LogP contribution in [0.1, 0.15) is 22.6 Å². The highest BCUT2D eigenvalue weighted by molar-refractivity contribution is 5.58. The highest BCUT2D eigenvalue weighted by Gasteiger charge is 2.18. The molecule has 6 N–H and O–H groups in total. The highest BCUT2D eigenvalue weighted by Crippen LogP contribution is 2.38. The molecule has 0 amide bonds. The van der Waals surface area contributed by atoms with Gasteiger partial charge in [0.1, 0.15) is 51.7 Å². The molecule has 0 atom stereocenters. The van der Waals surface area contributed by atoms with Gasteiger partial charge in [0, 0.05) is 24.1 Å². The summed E-state index contributed by atoms with van der Waals surface area (Å²) >= 11 is 0. The van der Waals surface area contributed by atoms with Crippen LogP contribution >= 0.6 is 0 Å². The van der Waals surface area contributed by atoms with Crippen LogP contribution in [0.5, 0.6) is 51.7 Å². The minimum absolute atomic E-state index is 0.109. The van der Waals surface area contributed by atoms with E-state index in [2.05, 4.69) is 36.4 Å². The van der Waals surface area contributed by atoms with Crippen LogP contribution in [-0.2, 0) is 0 Å². The fourth-order valence-electron chi connectivity index (χ4n) is 5.44. The van der Waals surface area contributed by atoms with Crippen LogP contribution in [0.4, 0.5) is 17.1 Å². The predicted octanol–water partition coefficient (Wildman–Crippen LogP) is 9.02. The van der Waals surface area contributed by atoms with Crippen LogP contribution in [0.15, 0.2) is 127 Å². The van der Waals surface area contributed by atoms with E-state index in [1.807, 2.05) is 54.6 Å². The number of rotatable bonds is 12. The third-order valence-electron chi connectivity index (χ3n) is 7.96. The van der Waals surface area contributed by atoms with Gasteiger partial charge in [0.25, 0.3) is 0 Å². The summed E-state index contributed by atoms with van der Waals surface area (Å²) in [5, 5.41) is 0. The molecule has 9 heteroatoms. The predicted molar refractivity (Wildman–Crippen MR) is 193 cm³/mol. The molecule has 0 saturated heterocycles. The first-order valence-corrected chi connectivity index (χ1v) is 15.5. The monoisotopic (exact) mass is 655 g/mol. The van der Waals surface area contributed by atoms with Crippen LogP contribution in [-0.4, -0.2) is 21.3 Å². The number of hydrogen-bond acceptors (Lipinski definition) is 9. The molecule has 0 radical (unpaired) electrons. The quantitative estimate of drug-likeness (QED) is 0.0872. The van der Waals surface area contributed by atoms with Crippen molar-refractivity contribution in [3.8, 4) is 51.7 Å². The first-order chi connectivity index (χ1) is 23.8. The van der Waals surface area contributed by atoms with Crippen molar-refractivity contribution in [1.29, 1.82) is 0 Å². The maximum atomic E-state index is 6.11. The molecule has 248 valence electrons. The molecule has 0 aliphatic carbocycles. The van der Waals surface area contributed by atoms with Gasteiger partial charge in [0.05, 0.1) is 38.4 Å². The van der Waals surface area contributed by atoms with Crippen LogP contribution in [0, 0.1) is 0 Å². The van der Waals surface area contributed by atoms with E-state index in [1.54, 1.807) is 57.7 Å². The molecule has 9 nitrogen and oxygen atoms in total. The fourth-order valence-corrected chi connectivity index (χ4v) is 5.44.